The van der Waals surface area contributed by atoms with Gasteiger partial charge in [-0.05, 0) is 36.6 Å². The first-order chi connectivity index (χ1) is 11.6. The van der Waals surface area contributed by atoms with Gasteiger partial charge in [-0.3, -0.25) is 4.79 Å². The second-order valence-electron chi connectivity index (χ2n) is 5.93. The number of ether oxygens (including phenoxy) is 1. The average molecular weight is 363 g/mol. The lowest BCUT2D eigenvalue weighted by Gasteiger charge is -2.28. The molecule has 0 fully saturated rings. The van der Waals surface area contributed by atoms with E-state index in [4.69, 9.17) is 10.5 Å². The normalized spacial score (nSPS) is 10.7. The molecule has 0 aliphatic heterocycles. The van der Waals surface area contributed by atoms with E-state index < -0.39 is 5.41 Å². The fraction of sp³-hybridized carbons (Fsp3) is 0.350. The van der Waals surface area contributed by atoms with E-state index in [1.807, 2.05) is 62.4 Å². The van der Waals surface area contributed by atoms with Crippen LogP contribution in [0.3, 0.4) is 0 Å². The summed E-state index contributed by atoms with van der Waals surface area (Å²) < 4.78 is 5.42. The molecule has 0 aliphatic rings. The lowest BCUT2D eigenvalue weighted by Crippen LogP contribution is -2.41. The minimum atomic E-state index is -0.513. The van der Waals surface area contributed by atoms with Crippen molar-refractivity contribution in [3.63, 3.8) is 0 Å². The van der Waals surface area contributed by atoms with Gasteiger partial charge in [-0.1, -0.05) is 44.2 Å². The number of rotatable bonds is 7. The van der Waals surface area contributed by atoms with E-state index >= 15 is 0 Å². The van der Waals surface area contributed by atoms with Crippen LogP contribution in [0.15, 0.2) is 48.5 Å². The fourth-order valence-electron chi connectivity index (χ4n) is 2.86. The van der Waals surface area contributed by atoms with Crippen LogP contribution in [0.2, 0.25) is 0 Å². The van der Waals surface area contributed by atoms with E-state index in [0.717, 1.165) is 35.4 Å². The summed E-state index contributed by atoms with van der Waals surface area (Å²) >= 11 is 0. The summed E-state index contributed by atoms with van der Waals surface area (Å²) in [5.41, 5.74) is 8.11. The number of nitrogens with two attached hydrogens (primary N) is 1. The van der Waals surface area contributed by atoms with Crippen molar-refractivity contribution in [2.24, 2.45) is 11.1 Å². The Kier molecular flexibility index (Phi) is 7.94. The second-order valence-corrected chi connectivity index (χ2v) is 5.93. The first-order valence-corrected chi connectivity index (χ1v) is 8.35. The highest BCUT2D eigenvalue weighted by Crippen LogP contribution is 2.32. The van der Waals surface area contributed by atoms with Gasteiger partial charge in [0.05, 0.1) is 12.5 Å². The number of carbonyl (C=O) groups excluding carboxylic acids is 1. The molecule has 0 bridgehead atoms. The monoisotopic (exact) mass is 362 g/mol. The van der Waals surface area contributed by atoms with Gasteiger partial charge in [-0.25, -0.2) is 0 Å². The highest BCUT2D eigenvalue weighted by Gasteiger charge is 2.33. The third-order valence-corrected chi connectivity index (χ3v) is 4.76. The standard InChI is InChI=1S/C20H26N2O2.ClH/c1-4-20(5-2,14-21)19(23)22-16-10-8-9-15(13-16)17-11-6-7-12-18(17)24-3;/h6-13H,4-5,14,21H2,1-3H3,(H,22,23);1H. The van der Waals surface area contributed by atoms with Crippen LogP contribution in [-0.2, 0) is 4.79 Å². The summed E-state index contributed by atoms with van der Waals surface area (Å²) in [6.07, 6.45) is 1.44. The summed E-state index contributed by atoms with van der Waals surface area (Å²) in [4.78, 5) is 12.7. The highest BCUT2D eigenvalue weighted by molar-refractivity contribution is 5.96. The lowest BCUT2D eigenvalue weighted by atomic mass is 9.81. The minimum absolute atomic E-state index is 0. The molecule has 5 heteroatoms. The molecular formula is C20H27ClN2O2. The van der Waals surface area contributed by atoms with E-state index in [9.17, 15) is 4.79 Å². The number of benzene rings is 2. The maximum atomic E-state index is 12.7. The molecule has 0 unspecified atom stereocenters. The van der Waals surface area contributed by atoms with Crippen molar-refractivity contribution in [3.05, 3.63) is 48.5 Å². The molecule has 3 N–H and O–H groups in total. The largest absolute Gasteiger partial charge is 0.496 e. The molecule has 0 spiro atoms. The summed E-state index contributed by atoms with van der Waals surface area (Å²) in [7, 11) is 1.66. The van der Waals surface area contributed by atoms with Crippen molar-refractivity contribution >= 4 is 24.0 Å². The van der Waals surface area contributed by atoms with Crippen LogP contribution in [0.4, 0.5) is 5.69 Å². The van der Waals surface area contributed by atoms with Crippen molar-refractivity contribution in [2.45, 2.75) is 26.7 Å². The van der Waals surface area contributed by atoms with Crippen molar-refractivity contribution in [2.75, 3.05) is 19.0 Å². The lowest BCUT2D eigenvalue weighted by molar-refractivity contribution is -0.125. The SMILES string of the molecule is CCC(CC)(CN)C(=O)Nc1cccc(-c2ccccc2OC)c1.Cl. The van der Waals surface area contributed by atoms with Gasteiger partial charge in [0.1, 0.15) is 5.75 Å². The molecule has 0 heterocycles. The number of halogens is 1. The molecule has 2 aromatic rings. The first kappa shape index (κ1) is 21.0. The number of anilines is 1. The van der Waals surface area contributed by atoms with Gasteiger partial charge in [0, 0.05) is 17.8 Å². The molecule has 2 rings (SSSR count). The fourth-order valence-corrected chi connectivity index (χ4v) is 2.86. The zero-order valence-electron chi connectivity index (χ0n) is 15.0. The van der Waals surface area contributed by atoms with Crippen LogP contribution in [0.5, 0.6) is 5.75 Å². The predicted molar refractivity (Wildman–Crippen MR) is 106 cm³/mol. The Morgan fingerprint density at radius 3 is 2.40 bits per heavy atom. The maximum Gasteiger partial charge on any atom is 0.231 e. The molecule has 0 saturated carbocycles. The van der Waals surface area contributed by atoms with Gasteiger partial charge >= 0.3 is 0 Å². The van der Waals surface area contributed by atoms with Crippen molar-refractivity contribution in [1.82, 2.24) is 0 Å². The molecule has 0 aliphatic carbocycles. The zero-order chi connectivity index (χ0) is 17.6. The van der Waals surface area contributed by atoms with Crippen LogP contribution in [0.25, 0.3) is 11.1 Å². The van der Waals surface area contributed by atoms with Gasteiger partial charge < -0.3 is 15.8 Å². The molecule has 4 nitrogen and oxygen atoms in total. The van der Waals surface area contributed by atoms with Crippen LogP contribution < -0.4 is 15.8 Å². The van der Waals surface area contributed by atoms with Gasteiger partial charge in [0.25, 0.3) is 0 Å². The number of hydrogen-bond donors (Lipinski definition) is 2. The van der Waals surface area contributed by atoms with Crippen LogP contribution in [0, 0.1) is 5.41 Å². The molecule has 25 heavy (non-hydrogen) atoms. The Bertz CT molecular complexity index is 691. The van der Waals surface area contributed by atoms with Crippen LogP contribution in [0.1, 0.15) is 26.7 Å². The molecular weight excluding hydrogens is 336 g/mol. The molecule has 0 atom stereocenters. The molecule has 2 aromatic carbocycles. The Hall–Kier alpha value is -2.04. The van der Waals surface area contributed by atoms with Crippen molar-refractivity contribution < 1.29 is 9.53 Å². The van der Waals surface area contributed by atoms with E-state index in [1.54, 1.807) is 7.11 Å². The maximum absolute atomic E-state index is 12.7. The zero-order valence-corrected chi connectivity index (χ0v) is 15.9. The number of hydrogen-bond acceptors (Lipinski definition) is 3. The smallest absolute Gasteiger partial charge is 0.231 e. The van der Waals surface area contributed by atoms with Crippen LogP contribution >= 0.6 is 12.4 Å². The second kappa shape index (κ2) is 9.44. The highest BCUT2D eigenvalue weighted by atomic mass is 35.5. The first-order valence-electron chi connectivity index (χ1n) is 8.35. The number of carbonyl (C=O) groups is 1. The number of amides is 1. The summed E-state index contributed by atoms with van der Waals surface area (Å²) in [5, 5.41) is 3.02. The Morgan fingerprint density at radius 2 is 1.80 bits per heavy atom. The Balaban J connectivity index is 0.00000312. The third kappa shape index (κ3) is 4.53. The number of methoxy groups -OCH3 is 1. The summed E-state index contributed by atoms with van der Waals surface area (Å²) in [5.74, 6) is 0.784. The van der Waals surface area contributed by atoms with Gasteiger partial charge in [0.15, 0.2) is 0 Å². The van der Waals surface area contributed by atoms with E-state index in [0.29, 0.717) is 6.54 Å². The topological polar surface area (TPSA) is 64.4 Å². The molecule has 136 valence electrons. The molecule has 0 radical (unpaired) electrons. The van der Waals surface area contributed by atoms with E-state index in [2.05, 4.69) is 5.32 Å². The predicted octanol–water partition coefficient (Wildman–Crippen LogP) is 4.49. The summed E-state index contributed by atoms with van der Waals surface area (Å²) in [6.45, 7) is 4.35. The van der Waals surface area contributed by atoms with E-state index in [1.165, 1.54) is 0 Å². The number of para-hydroxylation sites is 1. The quantitative estimate of drug-likeness (QED) is 0.762. The average Bonchev–Trinajstić information content (AvgIpc) is 2.64. The summed E-state index contributed by atoms with van der Waals surface area (Å²) in [6, 6.07) is 15.6. The number of nitrogens with one attached hydrogen (secondary N) is 1. The van der Waals surface area contributed by atoms with Crippen molar-refractivity contribution in [1.29, 1.82) is 0 Å². The third-order valence-electron chi connectivity index (χ3n) is 4.76. The van der Waals surface area contributed by atoms with Gasteiger partial charge in [0.2, 0.25) is 5.91 Å². The minimum Gasteiger partial charge on any atom is -0.496 e. The Labute approximate surface area is 156 Å². The van der Waals surface area contributed by atoms with Crippen molar-refractivity contribution in [3.8, 4) is 16.9 Å². The van der Waals surface area contributed by atoms with Crippen LogP contribution in [-0.4, -0.2) is 19.6 Å². The molecule has 0 aromatic heterocycles. The molecule has 1 amide bonds. The van der Waals surface area contributed by atoms with Gasteiger partial charge in [-0.15, -0.1) is 12.4 Å². The van der Waals surface area contributed by atoms with Gasteiger partial charge in [-0.2, -0.15) is 0 Å². The Morgan fingerprint density at radius 1 is 1.12 bits per heavy atom. The molecule has 0 saturated heterocycles. The van der Waals surface area contributed by atoms with E-state index in [-0.39, 0.29) is 18.3 Å².